The molecule has 0 saturated carbocycles. The first-order valence-corrected chi connectivity index (χ1v) is 10.9. The second kappa shape index (κ2) is 13.1. The third-order valence-corrected chi connectivity index (χ3v) is 4.89. The molecule has 0 saturated heterocycles. The first-order valence-electron chi connectivity index (χ1n) is 9.75. The van der Waals surface area contributed by atoms with Gasteiger partial charge in [0.2, 0.25) is 5.91 Å². The van der Waals surface area contributed by atoms with Crippen molar-refractivity contribution in [1.82, 2.24) is 10.8 Å². The lowest BCUT2D eigenvalue weighted by Crippen LogP contribution is -2.42. The molecule has 2 rings (SSSR count). The quantitative estimate of drug-likeness (QED) is 0.195. The van der Waals surface area contributed by atoms with Gasteiger partial charge in [-0.05, 0) is 55.8 Å². The van der Waals surface area contributed by atoms with Gasteiger partial charge in [-0.3, -0.25) is 10.0 Å². The van der Waals surface area contributed by atoms with Gasteiger partial charge >= 0.3 is 5.37 Å². The highest BCUT2D eigenvalue weighted by molar-refractivity contribution is 8.11. The third-order valence-electron chi connectivity index (χ3n) is 3.94. The van der Waals surface area contributed by atoms with Gasteiger partial charge in [-0.25, -0.2) is 5.48 Å². The van der Waals surface area contributed by atoms with E-state index in [4.69, 9.17) is 9.94 Å². The zero-order chi connectivity index (χ0) is 23.4. The summed E-state index contributed by atoms with van der Waals surface area (Å²) < 4.78 is 43.5. The molecule has 0 bridgehead atoms. The number of amides is 1. The number of hydrogen-bond donors (Lipinski definition) is 3. The molecule has 0 spiro atoms. The zero-order valence-electron chi connectivity index (χ0n) is 18.0. The predicted molar refractivity (Wildman–Crippen MR) is 119 cm³/mol. The number of rotatable bonds is 8. The Morgan fingerprint density at radius 3 is 1.97 bits per heavy atom. The fourth-order valence-electron chi connectivity index (χ4n) is 2.28. The molecule has 0 aliphatic rings. The summed E-state index contributed by atoms with van der Waals surface area (Å²) in [7, 11) is -2.67. The van der Waals surface area contributed by atoms with Crippen molar-refractivity contribution < 1.29 is 27.4 Å². The average Bonchev–Trinajstić information content (AvgIpc) is 2.74. The highest BCUT2D eigenvalue weighted by atomic mass is 32.2. The molecule has 0 aliphatic carbocycles. The van der Waals surface area contributed by atoms with Crippen LogP contribution < -0.4 is 15.5 Å². The molecule has 2 aromatic rings. The first kappa shape index (κ1) is 26.7. The van der Waals surface area contributed by atoms with Crippen LogP contribution in [0.5, 0.6) is 11.5 Å². The Morgan fingerprint density at radius 1 is 1.03 bits per heavy atom. The standard InChI is InChI=1S/C19H21F3N2O3S.C3H8/c1-19(2,17(25)24-26)12-23-11-13-3-5-14(6-4-13)27-15-7-9-16(10-8-15)28(22)18(20)21;1-3-2/h3-10,23,26H,11-12H2,1-2H3,(H,24,25);3H2,1-2H3. The van der Waals surface area contributed by atoms with Crippen molar-refractivity contribution in [2.24, 2.45) is 5.41 Å². The van der Waals surface area contributed by atoms with Crippen molar-refractivity contribution >= 4 is 22.1 Å². The van der Waals surface area contributed by atoms with Gasteiger partial charge in [-0.2, -0.15) is 12.7 Å². The Morgan fingerprint density at radius 2 is 1.52 bits per heavy atom. The van der Waals surface area contributed by atoms with E-state index < -0.39 is 27.6 Å². The number of carbonyl (C=O) groups is 1. The van der Waals surface area contributed by atoms with Crippen LogP contribution in [-0.4, -0.2) is 23.0 Å². The SMILES string of the molecule is CC(C)(CNCc1ccc(Oc2ccc(S(F)=C(F)F)cc2)cc1)C(=O)NO.CCC. The third kappa shape index (κ3) is 9.12. The van der Waals surface area contributed by atoms with Crippen LogP contribution in [0, 0.1) is 5.41 Å². The van der Waals surface area contributed by atoms with Crippen LogP contribution in [0.3, 0.4) is 0 Å². The fourth-order valence-corrected chi connectivity index (χ4v) is 2.83. The minimum absolute atomic E-state index is 0.105. The average molecular weight is 459 g/mol. The maximum absolute atomic E-state index is 13.3. The largest absolute Gasteiger partial charge is 0.457 e. The topological polar surface area (TPSA) is 70.6 Å². The van der Waals surface area contributed by atoms with Gasteiger partial charge in [0, 0.05) is 18.0 Å². The van der Waals surface area contributed by atoms with Crippen LogP contribution in [0.25, 0.3) is 0 Å². The molecule has 1 unspecified atom stereocenters. The lowest BCUT2D eigenvalue weighted by molar-refractivity contribution is -0.137. The second-order valence-electron chi connectivity index (χ2n) is 7.33. The Kier molecular flexibility index (Phi) is 11.3. The summed E-state index contributed by atoms with van der Waals surface area (Å²) in [5.74, 6) is 0.475. The second-order valence-corrected chi connectivity index (χ2v) is 8.63. The Balaban J connectivity index is 0.00000151. The van der Waals surface area contributed by atoms with Crippen LogP contribution in [0.15, 0.2) is 53.4 Å². The van der Waals surface area contributed by atoms with Crippen molar-refractivity contribution in [2.45, 2.75) is 45.6 Å². The molecule has 0 aliphatic heterocycles. The van der Waals surface area contributed by atoms with E-state index in [2.05, 4.69) is 19.2 Å². The van der Waals surface area contributed by atoms with Gasteiger partial charge in [0.25, 0.3) is 0 Å². The van der Waals surface area contributed by atoms with Gasteiger partial charge < -0.3 is 10.1 Å². The van der Waals surface area contributed by atoms with Crippen molar-refractivity contribution in [1.29, 1.82) is 0 Å². The van der Waals surface area contributed by atoms with E-state index in [1.807, 2.05) is 12.1 Å². The summed E-state index contributed by atoms with van der Waals surface area (Å²) in [5, 5.41) is 9.60. The molecule has 2 aromatic carbocycles. The van der Waals surface area contributed by atoms with E-state index in [0.717, 1.165) is 5.56 Å². The summed E-state index contributed by atoms with van der Waals surface area (Å²) in [6.45, 7) is 8.55. The van der Waals surface area contributed by atoms with Gasteiger partial charge in [-0.15, -0.1) is 0 Å². The summed E-state index contributed by atoms with van der Waals surface area (Å²) in [6.07, 6.45) is 1.25. The predicted octanol–water partition coefficient (Wildman–Crippen LogP) is 6.06. The van der Waals surface area contributed by atoms with Gasteiger partial charge in [-0.1, -0.05) is 32.4 Å². The van der Waals surface area contributed by atoms with E-state index in [-0.39, 0.29) is 4.90 Å². The van der Waals surface area contributed by atoms with Crippen LogP contribution >= 0.6 is 10.9 Å². The van der Waals surface area contributed by atoms with Gasteiger partial charge in [0.05, 0.1) is 16.3 Å². The van der Waals surface area contributed by atoms with Crippen molar-refractivity contribution in [3.05, 3.63) is 54.1 Å². The van der Waals surface area contributed by atoms with E-state index in [1.54, 1.807) is 31.5 Å². The Hall–Kier alpha value is -2.36. The molecule has 0 fully saturated rings. The molecule has 3 N–H and O–H groups in total. The normalized spacial score (nSPS) is 11.7. The van der Waals surface area contributed by atoms with Crippen molar-refractivity contribution in [3.8, 4) is 11.5 Å². The maximum Gasteiger partial charge on any atom is 0.328 e. The minimum Gasteiger partial charge on any atom is -0.457 e. The fraction of sp³-hybridized carbons (Fsp3) is 0.364. The molecule has 172 valence electrons. The van der Waals surface area contributed by atoms with Crippen molar-refractivity contribution in [3.63, 3.8) is 0 Å². The molecular weight excluding hydrogens is 429 g/mol. The van der Waals surface area contributed by atoms with E-state index in [0.29, 0.717) is 24.6 Å². The molecule has 0 heterocycles. The highest BCUT2D eigenvalue weighted by Gasteiger charge is 2.26. The molecule has 1 amide bonds. The van der Waals surface area contributed by atoms with Crippen LogP contribution in [0.4, 0.5) is 12.7 Å². The number of nitrogens with one attached hydrogen (secondary N) is 2. The number of benzene rings is 2. The first-order chi connectivity index (χ1) is 14.6. The molecule has 31 heavy (non-hydrogen) atoms. The Labute approximate surface area is 183 Å². The summed E-state index contributed by atoms with van der Waals surface area (Å²) in [5.41, 5.74) is 1.84. The molecule has 9 heteroatoms. The highest BCUT2D eigenvalue weighted by Crippen LogP contribution is 2.32. The van der Waals surface area contributed by atoms with E-state index >= 15 is 0 Å². The maximum atomic E-state index is 13.3. The number of ether oxygens (including phenoxy) is 1. The molecular formula is C22H29F3N2O3S. The summed E-state index contributed by atoms with van der Waals surface area (Å²) >= 11 is 0. The van der Waals surface area contributed by atoms with Crippen LogP contribution in [0.1, 0.15) is 39.7 Å². The molecule has 0 radical (unpaired) electrons. The number of hydroxylamine groups is 1. The summed E-state index contributed by atoms with van der Waals surface area (Å²) in [6, 6.07) is 12.5. The lowest BCUT2D eigenvalue weighted by atomic mass is 9.92. The lowest BCUT2D eigenvalue weighted by Gasteiger charge is -2.22. The number of halogens is 3. The number of carbonyl (C=O) groups excluding carboxylic acids is 1. The smallest absolute Gasteiger partial charge is 0.328 e. The van der Waals surface area contributed by atoms with Crippen LogP contribution in [-0.2, 0) is 11.3 Å². The minimum atomic E-state index is -2.67. The zero-order valence-corrected chi connectivity index (χ0v) is 18.9. The van der Waals surface area contributed by atoms with Gasteiger partial charge in [0.15, 0.2) is 0 Å². The summed E-state index contributed by atoms with van der Waals surface area (Å²) in [4.78, 5) is 11.4. The monoisotopic (exact) mass is 458 g/mol. The van der Waals surface area contributed by atoms with E-state index in [9.17, 15) is 17.5 Å². The number of hydrogen-bond acceptors (Lipinski definition) is 4. The van der Waals surface area contributed by atoms with Crippen molar-refractivity contribution in [2.75, 3.05) is 6.54 Å². The molecule has 5 nitrogen and oxygen atoms in total. The molecule has 1 atom stereocenters. The molecule has 0 aromatic heterocycles. The van der Waals surface area contributed by atoms with Crippen LogP contribution in [0.2, 0.25) is 0 Å². The van der Waals surface area contributed by atoms with E-state index in [1.165, 1.54) is 30.7 Å². The van der Waals surface area contributed by atoms with Gasteiger partial charge in [0.1, 0.15) is 11.5 Å². The Bertz CT molecular complexity index is 853.